The SMILES string of the molecule is CCc1cc(CC(=O)c2ccc(N)c(Cl)c2)n(CC)n1. The van der Waals surface area contributed by atoms with Crippen LogP contribution in [0.3, 0.4) is 0 Å². The highest BCUT2D eigenvalue weighted by Gasteiger charge is 2.13. The van der Waals surface area contributed by atoms with Crippen LogP contribution in [0.5, 0.6) is 0 Å². The van der Waals surface area contributed by atoms with E-state index in [1.165, 1.54) is 0 Å². The number of rotatable bonds is 5. The summed E-state index contributed by atoms with van der Waals surface area (Å²) in [6.45, 7) is 4.82. The monoisotopic (exact) mass is 291 g/mol. The molecule has 106 valence electrons. The first-order valence-electron chi connectivity index (χ1n) is 6.69. The number of carbonyl (C=O) groups excluding carboxylic acids is 1. The van der Waals surface area contributed by atoms with Crippen LogP contribution in [0.4, 0.5) is 5.69 Å². The Labute approximate surface area is 123 Å². The Bertz CT molecular complexity index is 634. The van der Waals surface area contributed by atoms with E-state index in [1.807, 2.05) is 24.6 Å². The van der Waals surface area contributed by atoms with Gasteiger partial charge in [0.15, 0.2) is 5.78 Å². The maximum Gasteiger partial charge on any atom is 0.168 e. The first-order valence-corrected chi connectivity index (χ1v) is 7.06. The Balaban J connectivity index is 2.22. The molecule has 1 heterocycles. The molecule has 0 radical (unpaired) electrons. The molecular formula is C15H18ClN3O. The predicted molar refractivity (Wildman–Crippen MR) is 81.2 cm³/mol. The van der Waals surface area contributed by atoms with Crippen LogP contribution in [0.1, 0.15) is 35.6 Å². The fraction of sp³-hybridized carbons (Fsp3) is 0.333. The summed E-state index contributed by atoms with van der Waals surface area (Å²) in [6.07, 6.45) is 1.18. The van der Waals surface area contributed by atoms with Crippen molar-refractivity contribution >= 4 is 23.1 Å². The van der Waals surface area contributed by atoms with Crippen LogP contribution >= 0.6 is 11.6 Å². The fourth-order valence-corrected chi connectivity index (χ4v) is 2.25. The maximum absolute atomic E-state index is 12.3. The number of carbonyl (C=O) groups is 1. The van der Waals surface area contributed by atoms with E-state index in [9.17, 15) is 4.79 Å². The lowest BCUT2D eigenvalue weighted by Crippen LogP contribution is -2.10. The van der Waals surface area contributed by atoms with Gasteiger partial charge >= 0.3 is 0 Å². The van der Waals surface area contributed by atoms with Crippen molar-refractivity contribution in [2.75, 3.05) is 5.73 Å². The first kappa shape index (κ1) is 14.6. The molecule has 1 aromatic carbocycles. The van der Waals surface area contributed by atoms with Gasteiger partial charge in [0.2, 0.25) is 0 Å². The molecule has 4 nitrogen and oxygen atoms in total. The van der Waals surface area contributed by atoms with E-state index in [4.69, 9.17) is 17.3 Å². The van der Waals surface area contributed by atoms with Gasteiger partial charge in [-0.2, -0.15) is 5.10 Å². The summed E-state index contributed by atoms with van der Waals surface area (Å²) in [7, 11) is 0. The third-order valence-electron chi connectivity index (χ3n) is 3.24. The molecule has 2 aromatic rings. The lowest BCUT2D eigenvalue weighted by atomic mass is 10.1. The van der Waals surface area contributed by atoms with Crippen molar-refractivity contribution in [1.29, 1.82) is 0 Å². The second-order valence-corrected chi connectivity index (χ2v) is 5.04. The number of Topliss-reactive ketones (excluding diaryl/α,β-unsaturated/α-hetero) is 1. The number of benzene rings is 1. The molecule has 0 aliphatic heterocycles. The highest BCUT2D eigenvalue weighted by Crippen LogP contribution is 2.21. The van der Waals surface area contributed by atoms with Gasteiger partial charge in [-0.15, -0.1) is 0 Å². The van der Waals surface area contributed by atoms with Crippen molar-refractivity contribution < 1.29 is 4.79 Å². The Hall–Kier alpha value is -1.81. The zero-order valence-electron chi connectivity index (χ0n) is 11.7. The molecule has 0 saturated carbocycles. The van der Waals surface area contributed by atoms with E-state index in [0.29, 0.717) is 22.7 Å². The van der Waals surface area contributed by atoms with E-state index in [2.05, 4.69) is 5.10 Å². The van der Waals surface area contributed by atoms with Gasteiger partial charge in [0.1, 0.15) is 0 Å². The number of aromatic nitrogens is 2. The van der Waals surface area contributed by atoms with Gasteiger partial charge in [-0.25, -0.2) is 0 Å². The third-order valence-corrected chi connectivity index (χ3v) is 3.57. The molecule has 0 unspecified atom stereocenters. The van der Waals surface area contributed by atoms with Crippen molar-refractivity contribution in [2.24, 2.45) is 0 Å². The molecule has 5 heteroatoms. The molecule has 0 atom stereocenters. The van der Waals surface area contributed by atoms with Crippen LogP contribution in [-0.4, -0.2) is 15.6 Å². The quantitative estimate of drug-likeness (QED) is 0.680. The number of anilines is 1. The summed E-state index contributed by atoms with van der Waals surface area (Å²) < 4.78 is 1.87. The number of ketones is 1. The minimum absolute atomic E-state index is 0.0177. The van der Waals surface area contributed by atoms with Crippen LogP contribution in [0, 0.1) is 0 Å². The second-order valence-electron chi connectivity index (χ2n) is 4.63. The average molecular weight is 292 g/mol. The Morgan fingerprint density at radius 1 is 1.35 bits per heavy atom. The summed E-state index contributed by atoms with van der Waals surface area (Å²) in [6, 6.07) is 6.97. The summed E-state index contributed by atoms with van der Waals surface area (Å²) in [4.78, 5) is 12.3. The van der Waals surface area contributed by atoms with E-state index in [1.54, 1.807) is 18.2 Å². The molecule has 20 heavy (non-hydrogen) atoms. The first-order chi connectivity index (χ1) is 9.55. The zero-order chi connectivity index (χ0) is 14.7. The van der Waals surface area contributed by atoms with Gasteiger partial charge in [0, 0.05) is 17.8 Å². The molecule has 0 fully saturated rings. The Kier molecular flexibility index (Phi) is 4.45. The smallest absolute Gasteiger partial charge is 0.168 e. The van der Waals surface area contributed by atoms with Crippen molar-refractivity contribution in [1.82, 2.24) is 9.78 Å². The van der Waals surface area contributed by atoms with Gasteiger partial charge in [0.25, 0.3) is 0 Å². The summed E-state index contributed by atoms with van der Waals surface area (Å²) >= 11 is 5.95. The highest BCUT2D eigenvalue weighted by molar-refractivity contribution is 6.33. The lowest BCUT2D eigenvalue weighted by Gasteiger charge is -2.05. The van der Waals surface area contributed by atoms with Crippen molar-refractivity contribution in [3.8, 4) is 0 Å². The Morgan fingerprint density at radius 3 is 2.70 bits per heavy atom. The number of nitrogen functional groups attached to an aromatic ring is 1. The zero-order valence-corrected chi connectivity index (χ0v) is 12.4. The number of nitrogens with zero attached hydrogens (tertiary/aromatic N) is 2. The third kappa shape index (κ3) is 3.02. The van der Waals surface area contributed by atoms with Crippen molar-refractivity contribution in [3.63, 3.8) is 0 Å². The minimum Gasteiger partial charge on any atom is -0.398 e. The average Bonchev–Trinajstić information content (AvgIpc) is 2.84. The second kappa shape index (κ2) is 6.09. The van der Waals surface area contributed by atoms with E-state index >= 15 is 0 Å². The highest BCUT2D eigenvalue weighted by atomic mass is 35.5. The molecule has 0 spiro atoms. The number of hydrogen-bond donors (Lipinski definition) is 1. The van der Waals surface area contributed by atoms with Crippen LogP contribution in [0.2, 0.25) is 5.02 Å². The molecule has 0 bridgehead atoms. The maximum atomic E-state index is 12.3. The van der Waals surface area contributed by atoms with E-state index in [-0.39, 0.29) is 5.78 Å². The van der Waals surface area contributed by atoms with Gasteiger partial charge in [-0.3, -0.25) is 9.48 Å². The molecule has 2 N–H and O–H groups in total. The molecule has 2 rings (SSSR count). The number of aryl methyl sites for hydroxylation is 2. The normalized spacial score (nSPS) is 10.8. The number of halogens is 1. The largest absolute Gasteiger partial charge is 0.398 e. The van der Waals surface area contributed by atoms with Crippen LogP contribution in [0.15, 0.2) is 24.3 Å². The van der Waals surface area contributed by atoms with Crippen LogP contribution in [0.25, 0.3) is 0 Å². The minimum atomic E-state index is 0.0177. The Morgan fingerprint density at radius 2 is 2.10 bits per heavy atom. The molecule has 0 aliphatic carbocycles. The van der Waals surface area contributed by atoms with Crippen molar-refractivity contribution in [3.05, 3.63) is 46.2 Å². The molecular weight excluding hydrogens is 274 g/mol. The fourth-order valence-electron chi connectivity index (χ4n) is 2.07. The topological polar surface area (TPSA) is 60.9 Å². The van der Waals surface area contributed by atoms with Crippen LogP contribution in [-0.2, 0) is 19.4 Å². The standard InChI is InChI=1S/C15H18ClN3O/c1-3-11-8-12(19(4-2)18-11)9-15(20)10-5-6-14(17)13(16)7-10/h5-8H,3-4,9,17H2,1-2H3. The molecule has 0 aliphatic rings. The van der Waals surface area contributed by atoms with Gasteiger partial charge in [-0.05, 0) is 37.6 Å². The van der Waals surface area contributed by atoms with Gasteiger partial charge < -0.3 is 5.73 Å². The van der Waals surface area contributed by atoms with Gasteiger partial charge in [0.05, 0.1) is 22.8 Å². The van der Waals surface area contributed by atoms with E-state index < -0.39 is 0 Å². The van der Waals surface area contributed by atoms with Crippen molar-refractivity contribution in [2.45, 2.75) is 33.2 Å². The summed E-state index contributed by atoms with van der Waals surface area (Å²) in [5.41, 5.74) is 8.65. The molecule has 1 aromatic heterocycles. The lowest BCUT2D eigenvalue weighted by molar-refractivity contribution is 0.0990. The number of hydrogen-bond acceptors (Lipinski definition) is 3. The molecule has 0 saturated heterocycles. The number of nitrogens with two attached hydrogens (primary N) is 1. The van der Waals surface area contributed by atoms with E-state index in [0.717, 1.165) is 24.4 Å². The summed E-state index contributed by atoms with van der Waals surface area (Å²) in [5, 5.41) is 4.86. The summed E-state index contributed by atoms with van der Waals surface area (Å²) in [5.74, 6) is 0.0177. The molecule has 0 amide bonds. The predicted octanol–water partition coefficient (Wildman–Crippen LogP) is 3.13. The van der Waals surface area contributed by atoms with Crippen LogP contribution < -0.4 is 5.73 Å². The van der Waals surface area contributed by atoms with Gasteiger partial charge in [-0.1, -0.05) is 18.5 Å².